The summed E-state index contributed by atoms with van der Waals surface area (Å²) in [5.41, 5.74) is 4.03. The number of aryl methyl sites for hydroxylation is 1. The van der Waals surface area contributed by atoms with Crippen molar-refractivity contribution in [1.82, 2.24) is 0 Å². The zero-order valence-corrected chi connectivity index (χ0v) is 16.7. The summed E-state index contributed by atoms with van der Waals surface area (Å²) in [7, 11) is 1.63. The third-order valence-electron chi connectivity index (χ3n) is 4.85. The fraction of sp³-hybridized carbons (Fsp3) is 0.364. The molecule has 0 saturated carbocycles. The number of carbonyl (C=O) groups excluding carboxylic acids is 1. The van der Waals surface area contributed by atoms with E-state index in [-0.39, 0.29) is 30.1 Å². The van der Waals surface area contributed by atoms with Crippen LogP contribution in [0.4, 0.5) is 5.69 Å². The van der Waals surface area contributed by atoms with Gasteiger partial charge in [0, 0.05) is 12.1 Å². The molecule has 0 aromatic heterocycles. The number of hydrogen-bond donors (Lipinski definition) is 2. The first-order valence-corrected chi connectivity index (χ1v) is 9.36. The average molecular weight is 382 g/mol. The first kappa shape index (κ1) is 19.7. The van der Waals surface area contributed by atoms with Crippen LogP contribution in [0, 0.1) is 6.92 Å². The van der Waals surface area contributed by atoms with Gasteiger partial charge in [-0.3, -0.25) is 4.79 Å². The van der Waals surface area contributed by atoms with E-state index < -0.39 is 0 Å². The molecule has 0 radical (unpaired) electrons. The number of anilines is 1. The largest absolute Gasteiger partial charge is 0.508 e. The van der Waals surface area contributed by atoms with E-state index in [0.29, 0.717) is 17.8 Å². The molecule has 1 aliphatic rings. The summed E-state index contributed by atoms with van der Waals surface area (Å²) in [5, 5.41) is 17.1. The second-order valence-corrected chi connectivity index (χ2v) is 7.33. The van der Waals surface area contributed by atoms with E-state index in [1.807, 2.05) is 51.1 Å². The predicted molar refractivity (Wildman–Crippen MR) is 109 cm³/mol. The monoisotopic (exact) mass is 382 g/mol. The van der Waals surface area contributed by atoms with Gasteiger partial charge in [0.2, 0.25) is 5.91 Å². The van der Waals surface area contributed by atoms with E-state index in [2.05, 4.69) is 10.5 Å². The van der Waals surface area contributed by atoms with E-state index >= 15 is 0 Å². The molecule has 148 valence electrons. The first-order valence-electron chi connectivity index (χ1n) is 9.36. The fourth-order valence-corrected chi connectivity index (χ4v) is 3.21. The molecule has 0 spiro atoms. The highest BCUT2D eigenvalue weighted by molar-refractivity contribution is 6.07. The molecule has 1 aliphatic heterocycles. The molecule has 6 nitrogen and oxygen atoms in total. The van der Waals surface area contributed by atoms with Crippen molar-refractivity contribution in [2.75, 3.05) is 12.4 Å². The first-order chi connectivity index (χ1) is 13.4. The summed E-state index contributed by atoms with van der Waals surface area (Å²) in [6.45, 7) is 5.86. The molecular weight excluding hydrogens is 356 g/mol. The van der Waals surface area contributed by atoms with E-state index in [0.717, 1.165) is 22.4 Å². The smallest absolute Gasteiger partial charge is 0.230 e. The minimum Gasteiger partial charge on any atom is -0.508 e. The van der Waals surface area contributed by atoms with Crippen molar-refractivity contribution in [3.63, 3.8) is 0 Å². The van der Waals surface area contributed by atoms with Crippen LogP contribution in [0.3, 0.4) is 0 Å². The number of benzene rings is 2. The van der Waals surface area contributed by atoms with Gasteiger partial charge in [-0.1, -0.05) is 31.1 Å². The number of carbonyl (C=O) groups is 1. The van der Waals surface area contributed by atoms with Gasteiger partial charge in [-0.25, -0.2) is 0 Å². The Kier molecular flexibility index (Phi) is 5.87. The lowest BCUT2D eigenvalue weighted by Crippen LogP contribution is -2.17. The summed E-state index contributed by atoms with van der Waals surface area (Å²) < 4.78 is 5.16. The number of phenolic OH excluding ortho intramolecular Hbond substituents is 1. The molecule has 0 saturated heterocycles. The van der Waals surface area contributed by atoms with Crippen molar-refractivity contribution in [2.45, 2.75) is 45.6 Å². The molecule has 0 bridgehead atoms. The zero-order chi connectivity index (χ0) is 20.3. The maximum absolute atomic E-state index is 12.5. The van der Waals surface area contributed by atoms with Crippen molar-refractivity contribution < 1.29 is 19.5 Å². The number of ether oxygens (including phenoxy) is 1. The lowest BCUT2D eigenvalue weighted by Gasteiger charge is -2.14. The number of amides is 1. The second kappa shape index (κ2) is 8.33. The van der Waals surface area contributed by atoms with E-state index in [9.17, 15) is 9.90 Å². The van der Waals surface area contributed by atoms with Crippen molar-refractivity contribution >= 4 is 17.3 Å². The van der Waals surface area contributed by atoms with Gasteiger partial charge in [-0.2, -0.15) is 0 Å². The zero-order valence-electron chi connectivity index (χ0n) is 16.7. The van der Waals surface area contributed by atoms with Crippen molar-refractivity contribution in [3.05, 3.63) is 53.1 Å². The van der Waals surface area contributed by atoms with Crippen LogP contribution < -0.4 is 10.1 Å². The molecule has 1 unspecified atom stereocenters. The number of aromatic hydroxyl groups is 1. The van der Waals surface area contributed by atoms with E-state index in [4.69, 9.17) is 9.57 Å². The Hall–Kier alpha value is -3.02. The molecule has 3 rings (SSSR count). The van der Waals surface area contributed by atoms with Crippen molar-refractivity contribution in [1.29, 1.82) is 0 Å². The molecular formula is C22H26N2O4. The quantitative estimate of drug-likeness (QED) is 0.711. The lowest BCUT2D eigenvalue weighted by molar-refractivity contribution is -0.115. The summed E-state index contributed by atoms with van der Waals surface area (Å²) in [6.07, 6.45) is 0.562. The maximum atomic E-state index is 12.5. The molecule has 1 atom stereocenters. The molecule has 6 heteroatoms. The fourth-order valence-electron chi connectivity index (χ4n) is 3.21. The Morgan fingerprint density at radius 2 is 2.04 bits per heavy atom. The molecule has 0 aliphatic carbocycles. The molecule has 0 fully saturated rings. The number of nitrogens with zero attached hydrogens (tertiary/aromatic N) is 1. The van der Waals surface area contributed by atoms with Crippen LogP contribution in [0.2, 0.25) is 0 Å². The SMILES string of the molecule is COc1ccc(C2CC(CC(=O)Nc3cc(C(C)C)c(O)cc3C)=NO2)cc1. The average Bonchev–Trinajstić information content (AvgIpc) is 3.12. The van der Waals surface area contributed by atoms with Gasteiger partial charge < -0.3 is 20.0 Å². The summed E-state index contributed by atoms with van der Waals surface area (Å²) in [4.78, 5) is 18.0. The number of methoxy groups -OCH3 is 1. The van der Waals surface area contributed by atoms with Crippen LogP contribution in [0.25, 0.3) is 0 Å². The van der Waals surface area contributed by atoms with E-state index in [1.165, 1.54) is 0 Å². The third-order valence-corrected chi connectivity index (χ3v) is 4.85. The Bertz CT molecular complexity index is 888. The molecule has 2 aromatic rings. The molecule has 28 heavy (non-hydrogen) atoms. The maximum Gasteiger partial charge on any atom is 0.230 e. The van der Waals surface area contributed by atoms with Gasteiger partial charge in [-0.15, -0.1) is 0 Å². The molecule has 2 aromatic carbocycles. The van der Waals surface area contributed by atoms with Gasteiger partial charge in [0.15, 0.2) is 6.10 Å². The van der Waals surface area contributed by atoms with Crippen molar-refractivity contribution in [3.8, 4) is 11.5 Å². The molecule has 1 amide bonds. The number of hydrogen-bond acceptors (Lipinski definition) is 5. The molecule has 1 heterocycles. The number of rotatable bonds is 6. The highest BCUT2D eigenvalue weighted by Crippen LogP contribution is 2.32. The lowest BCUT2D eigenvalue weighted by atomic mass is 9.99. The number of oxime groups is 1. The summed E-state index contributed by atoms with van der Waals surface area (Å²) in [6, 6.07) is 11.2. The highest BCUT2D eigenvalue weighted by atomic mass is 16.6. The van der Waals surface area contributed by atoms with Crippen LogP contribution in [0.15, 0.2) is 41.6 Å². The second-order valence-electron chi connectivity index (χ2n) is 7.33. The van der Waals surface area contributed by atoms with Crippen LogP contribution in [0.5, 0.6) is 11.5 Å². The molecule has 2 N–H and O–H groups in total. The van der Waals surface area contributed by atoms with Gasteiger partial charge in [0.25, 0.3) is 0 Å². The Balaban J connectivity index is 1.60. The Labute approximate surface area is 165 Å². The van der Waals surface area contributed by atoms with Gasteiger partial charge in [0.1, 0.15) is 11.5 Å². The third kappa shape index (κ3) is 4.44. The Morgan fingerprint density at radius 3 is 2.68 bits per heavy atom. The van der Waals surface area contributed by atoms with Gasteiger partial charge in [-0.05, 0) is 53.8 Å². The minimum absolute atomic E-state index is 0.152. The van der Waals surface area contributed by atoms with Gasteiger partial charge >= 0.3 is 0 Å². The van der Waals surface area contributed by atoms with Crippen molar-refractivity contribution in [2.24, 2.45) is 5.16 Å². The Morgan fingerprint density at radius 1 is 1.32 bits per heavy atom. The predicted octanol–water partition coefficient (Wildman–Crippen LogP) is 4.68. The summed E-state index contributed by atoms with van der Waals surface area (Å²) in [5.74, 6) is 1.05. The number of phenols is 1. The van der Waals surface area contributed by atoms with E-state index in [1.54, 1.807) is 13.2 Å². The normalized spacial score (nSPS) is 15.9. The van der Waals surface area contributed by atoms with Crippen LogP contribution in [0.1, 0.15) is 55.4 Å². The van der Waals surface area contributed by atoms with Crippen LogP contribution in [-0.4, -0.2) is 23.8 Å². The minimum atomic E-state index is -0.184. The van der Waals surface area contributed by atoms with Gasteiger partial charge in [0.05, 0.1) is 19.2 Å². The van der Waals surface area contributed by atoms with Crippen LogP contribution in [-0.2, 0) is 9.63 Å². The standard InChI is InChI=1S/C22H26N2O4/c1-13(2)18-12-19(14(3)9-20(18)25)23-22(26)11-16-10-21(28-24-16)15-5-7-17(27-4)8-6-15/h5-9,12-13,21,25H,10-11H2,1-4H3,(H,23,26). The van der Waals surface area contributed by atoms with Crippen LogP contribution >= 0.6 is 0 Å². The summed E-state index contributed by atoms with van der Waals surface area (Å²) >= 11 is 0. The highest BCUT2D eigenvalue weighted by Gasteiger charge is 2.24. The number of nitrogens with one attached hydrogen (secondary N) is 1. The topological polar surface area (TPSA) is 80.2 Å².